The van der Waals surface area contributed by atoms with E-state index in [9.17, 15) is 0 Å². The van der Waals surface area contributed by atoms with E-state index in [1.165, 1.54) is 11.3 Å². The fourth-order valence-corrected chi connectivity index (χ4v) is 2.15. The number of thiophene rings is 1. The number of nitriles is 1. The summed E-state index contributed by atoms with van der Waals surface area (Å²) in [6.45, 7) is 3.60. The summed E-state index contributed by atoms with van der Waals surface area (Å²) in [5.74, 6) is 0. The molecule has 0 atom stereocenters. The maximum atomic E-state index is 8.64. The molecule has 1 heterocycles. The van der Waals surface area contributed by atoms with Crippen LogP contribution in [0.1, 0.15) is 17.4 Å². The molecule has 0 aliphatic carbocycles. The topological polar surface area (TPSA) is 49.8 Å². The van der Waals surface area contributed by atoms with Crippen LogP contribution in [0.25, 0.3) is 5.70 Å². The van der Waals surface area contributed by atoms with E-state index in [2.05, 4.69) is 0 Å². The lowest BCUT2D eigenvalue weighted by Crippen LogP contribution is -1.97. The van der Waals surface area contributed by atoms with E-state index in [0.717, 1.165) is 10.4 Å². The monoisotopic (exact) mass is 212 g/mol. The first-order valence-electron chi connectivity index (χ1n) is 3.68. The molecule has 0 spiro atoms. The minimum absolute atomic E-state index is 0.477. The molecule has 0 saturated carbocycles. The maximum Gasteiger partial charge on any atom is 0.0966 e. The van der Waals surface area contributed by atoms with E-state index in [1.807, 2.05) is 18.4 Å². The van der Waals surface area contributed by atoms with E-state index in [1.54, 1.807) is 6.92 Å². The summed E-state index contributed by atoms with van der Waals surface area (Å²) in [5.41, 5.74) is 7.72. The van der Waals surface area contributed by atoms with Crippen molar-refractivity contribution in [1.82, 2.24) is 0 Å². The van der Waals surface area contributed by atoms with Crippen molar-refractivity contribution in [3.63, 3.8) is 0 Å². The SMILES string of the molecule is C/C(C#N)=C(/N)c1scc(C)c1Cl. The Kier molecular flexibility index (Phi) is 2.97. The average molecular weight is 213 g/mol. The van der Waals surface area contributed by atoms with Gasteiger partial charge in [0.1, 0.15) is 0 Å². The molecular weight excluding hydrogens is 204 g/mol. The van der Waals surface area contributed by atoms with Gasteiger partial charge in [0.2, 0.25) is 0 Å². The van der Waals surface area contributed by atoms with Gasteiger partial charge in [0, 0.05) is 0 Å². The van der Waals surface area contributed by atoms with E-state index in [0.29, 0.717) is 16.3 Å². The van der Waals surface area contributed by atoms with Crippen molar-refractivity contribution in [3.8, 4) is 6.07 Å². The Morgan fingerprint density at radius 3 is 2.69 bits per heavy atom. The third kappa shape index (κ3) is 1.85. The Morgan fingerprint density at radius 2 is 2.31 bits per heavy atom. The highest BCUT2D eigenvalue weighted by atomic mass is 35.5. The molecule has 0 aromatic carbocycles. The van der Waals surface area contributed by atoms with Crippen molar-refractivity contribution in [2.24, 2.45) is 5.73 Å². The van der Waals surface area contributed by atoms with Crippen LogP contribution in [0.5, 0.6) is 0 Å². The second kappa shape index (κ2) is 3.82. The summed E-state index contributed by atoms with van der Waals surface area (Å²) in [7, 11) is 0. The normalized spacial score (nSPS) is 12.2. The van der Waals surface area contributed by atoms with Crippen molar-refractivity contribution in [3.05, 3.63) is 26.4 Å². The number of rotatable bonds is 1. The smallest absolute Gasteiger partial charge is 0.0966 e. The van der Waals surface area contributed by atoms with Crippen molar-refractivity contribution in [1.29, 1.82) is 5.26 Å². The van der Waals surface area contributed by atoms with Crippen LogP contribution < -0.4 is 5.73 Å². The van der Waals surface area contributed by atoms with Crippen molar-refractivity contribution >= 4 is 28.6 Å². The van der Waals surface area contributed by atoms with Gasteiger partial charge in [-0.05, 0) is 24.8 Å². The zero-order valence-corrected chi connectivity index (χ0v) is 8.96. The third-order valence-corrected chi connectivity index (χ3v) is 3.45. The fourth-order valence-electron chi connectivity index (χ4n) is 0.842. The molecule has 0 radical (unpaired) electrons. The summed E-state index contributed by atoms with van der Waals surface area (Å²) < 4.78 is 0. The molecule has 0 aliphatic heterocycles. The second-order valence-electron chi connectivity index (χ2n) is 2.71. The van der Waals surface area contributed by atoms with Gasteiger partial charge in [-0.15, -0.1) is 11.3 Å². The van der Waals surface area contributed by atoms with Gasteiger partial charge in [-0.25, -0.2) is 0 Å². The average Bonchev–Trinajstić information content (AvgIpc) is 2.45. The lowest BCUT2D eigenvalue weighted by molar-refractivity contribution is 1.41. The molecule has 0 fully saturated rings. The fraction of sp³-hybridized carbons (Fsp3) is 0.222. The molecule has 1 aromatic rings. The standard InChI is InChI=1S/C9H9ClN2S/c1-5(3-11)8(12)9-7(10)6(2)4-13-9/h4H,12H2,1-2H3/b8-5-. The molecule has 0 amide bonds. The highest BCUT2D eigenvalue weighted by Crippen LogP contribution is 2.31. The van der Waals surface area contributed by atoms with Crippen LogP contribution in [0, 0.1) is 18.3 Å². The van der Waals surface area contributed by atoms with Crippen molar-refractivity contribution < 1.29 is 0 Å². The molecule has 4 heteroatoms. The van der Waals surface area contributed by atoms with E-state index >= 15 is 0 Å². The zero-order chi connectivity index (χ0) is 10.0. The molecule has 1 aromatic heterocycles. The number of nitrogens with zero attached hydrogens (tertiary/aromatic N) is 1. The van der Waals surface area contributed by atoms with Crippen molar-refractivity contribution in [2.75, 3.05) is 0 Å². The molecule has 2 N–H and O–H groups in total. The predicted octanol–water partition coefficient (Wildman–Crippen LogP) is 2.92. The molecule has 68 valence electrons. The van der Waals surface area contributed by atoms with Crippen LogP contribution in [-0.4, -0.2) is 0 Å². The summed E-state index contributed by atoms with van der Waals surface area (Å²) in [5, 5.41) is 11.2. The molecule has 0 bridgehead atoms. The number of hydrogen-bond acceptors (Lipinski definition) is 3. The largest absolute Gasteiger partial charge is 0.397 e. The minimum Gasteiger partial charge on any atom is -0.397 e. The van der Waals surface area contributed by atoms with Gasteiger partial charge in [0.15, 0.2) is 0 Å². The third-order valence-electron chi connectivity index (χ3n) is 1.72. The quantitative estimate of drug-likeness (QED) is 0.728. The Morgan fingerprint density at radius 1 is 1.69 bits per heavy atom. The summed E-state index contributed by atoms with van der Waals surface area (Å²) in [6.07, 6.45) is 0. The van der Waals surface area contributed by atoms with E-state index in [4.69, 9.17) is 22.6 Å². The molecule has 0 unspecified atom stereocenters. The zero-order valence-electron chi connectivity index (χ0n) is 7.39. The van der Waals surface area contributed by atoms with E-state index in [-0.39, 0.29) is 0 Å². The van der Waals surface area contributed by atoms with Gasteiger partial charge in [0.05, 0.1) is 27.2 Å². The van der Waals surface area contributed by atoms with Crippen LogP contribution in [0.3, 0.4) is 0 Å². The van der Waals surface area contributed by atoms with Gasteiger partial charge < -0.3 is 5.73 Å². The lowest BCUT2D eigenvalue weighted by atomic mass is 10.2. The predicted molar refractivity (Wildman–Crippen MR) is 56.5 cm³/mol. The van der Waals surface area contributed by atoms with Crippen LogP contribution in [-0.2, 0) is 0 Å². The molecule has 13 heavy (non-hydrogen) atoms. The van der Waals surface area contributed by atoms with Crippen LogP contribution in [0.2, 0.25) is 5.02 Å². The first kappa shape index (κ1) is 10.1. The summed E-state index contributed by atoms with van der Waals surface area (Å²) >= 11 is 7.45. The number of aryl methyl sites for hydroxylation is 1. The summed E-state index contributed by atoms with van der Waals surface area (Å²) in [6, 6.07) is 2.00. The Hall–Kier alpha value is -0.980. The van der Waals surface area contributed by atoms with E-state index < -0.39 is 0 Å². The highest BCUT2D eigenvalue weighted by Gasteiger charge is 2.10. The first-order valence-corrected chi connectivity index (χ1v) is 4.94. The maximum absolute atomic E-state index is 8.64. The Labute approximate surface area is 86.2 Å². The molecule has 2 nitrogen and oxygen atoms in total. The molecule has 0 saturated heterocycles. The van der Waals surface area contributed by atoms with Gasteiger partial charge in [0.25, 0.3) is 0 Å². The van der Waals surface area contributed by atoms with Gasteiger partial charge in [-0.2, -0.15) is 5.26 Å². The Balaban J connectivity index is 3.26. The Bertz CT molecular complexity index is 398. The number of halogens is 1. The first-order chi connectivity index (χ1) is 6.07. The molecule has 1 rings (SSSR count). The highest BCUT2D eigenvalue weighted by molar-refractivity contribution is 7.12. The van der Waals surface area contributed by atoms with Crippen molar-refractivity contribution in [2.45, 2.75) is 13.8 Å². The minimum atomic E-state index is 0.477. The molecular formula is C9H9ClN2S. The number of hydrogen-bond donors (Lipinski definition) is 1. The second-order valence-corrected chi connectivity index (χ2v) is 3.97. The number of nitrogens with two attached hydrogens (primary N) is 1. The van der Waals surface area contributed by atoms with Gasteiger partial charge in [-0.3, -0.25) is 0 Å². The van der Waals surface area contributed by atoms with Gasteiger partial charge >= 0.3 is 0 Å². The number of allylic oxidation sites excluding steroid dienone is 1. The lowest BCUT2D eigenvalue weighted by Gasteiger charge is -1.99. The van der Waals surface area contributed by atoms with Crippen LogP contribution in [0.15, 0.2) is 11.0 Å². The molecule has 0 aliphatic rings. The van der Waals surface area contributed by atoms with Crippen LogP contribution in [0.4, 0.5) is 0 Å². The van der Waals surface area contributed by atoms with Crippen LogP contribution >= 0.6 is 22.9 Å². The van der Waals surface area contributed by atoms with Gasteiger partial charge in [-0.1, -0.05) is 11.6 Å². The summed E-state index contributed by atoms with van der Waals surface area (Å²) in [4.78, 5) is 0.790.